The van der Waals surface area contributed by atoms with Crippen molar-refractivity contribution in [1.82, 2.24) is 19.7 Å². The fraction of sp³-hybridized carbons (Fsp3) is 0.846. The van der Waals surface area contributed by atoms with Crippen molar-refractivity contribution in [1.29, 1.82) is 0 Å². The third-order valence-corrected chi connectivity index (χ3v) is 3.92. The molecule has 1 aliphatic carbocycles. The minimum absolute atomic E-state index is 0.416. The van der Waals surface area contributed by atoms with Crippen LogP contribution >= 0.6 is 0 Å². The Morgan fingerprint density at radius 2 is 2.11 bits per heavy atom. The van der Waals surface area contributed by atoms with Crippen molar-refractivity contribution in [2.75, 3.05) is 6.54 Å². The summed E-state index contributed by atoms with van der Waals surface area (Å²) in [6, 6.07) is 1.08. The molecule has 1 saturated carbocycles. The van der Waals surface area contributed by atoms with E-state index in [2.05, 4.69) is 21.9 Å². The summed E-state index contributed by atoms with van der Waals surface area (Å²) in [4.78, 5) is 6.88. The van der Waals surface area contributed by atoms with Crippen LogP contribution in [0, 0.1) is 0 Å². The van der Waals surface area contributed by atoms with Crippen LogP contribution in [0.3, 0.4) is 0 Å². The normalized spacial score (nSPS) is 24.7. The zero-order valence-corrected chi connectivity index (χ0v) is 11.5. The van der Waals surface area contributed by atoms with Crippen LogP contribution in [0.15, 0.2) is 6.33 Å². The summed E-state index contributed by atoms with van der Waals surface area (Å²) in [7, 11) is 1.96. The van der Waals surface area contributed by atoms with E-state index in [-0.39, 0.29) is 0 Å². The predicted molar refractivity (Wildman–Crippen MR) is 71.9 cm³/mol. The summed E-state index contributed by atoms with van der Waals surface area (Å²) in [6.07, 6.45) is 7.57. The van der Waals surface area contributed by atoms with Crippen LogP contribution in [-0.2, 0) is 13.6 Å². The molecule has 1 aliphatic rings. The van der Waals surface area contributed by atoms with Crippen molar-refractivity contribution in [2.45, 2.75) is 57.7 Å². The number of aryl methyl sites for hydroxylation is 1. The Morgan fingerprint density at radius 3 is 2.67 bits per heavy atom. The molecule has 0 aromatic carbocycles. The summed E-state index contributed by atoms with van der Waals surface area (Å²) in [5.41, 5.74) is 5.99. The quantitative estimate of drug-likeness (QED) is 0.857. The van der Waals surface area contributed by atoms with Gasteiger partial charge in [-0.3, -0.25) is 9.58 Å². The minimum atomic E-state index is 0.416. The van der Waals surface area contributed by atoms with Gasteiger partial charge in [0.15, 0.2) is 0 Å². The van der Waals surface area contributed by atoms with Crippen molar-refractivity contribution in [2.24, 2.45) is 12.8 Å². The average Bonchev–Trinajstić information content (AvgIpc) is 2.76. The van der Waals surface area contributed by atoms with Gasteiger partial charge in [0, 0.05) is 19.1 Å². The van der Waals surface area contributed by atoms with Crippen LogP contribution in [0.1, 0.15) is 44.9 Å². The van der Waals surface area contributed by atoms with Crippen molar-refractivity contribution < 1.29 is 0 Å². The third-order valence-electron chi connectivity index (χ3n) is 3.92. The Hall–Kier alpha value is -0.940. The SMILES string of the molecule is CCCN(Cc1ncnn1C)C1CCC(N)CC1. The minimum Gasteiger partial charge on any atom is -0.328 e. The molecule has 0 amide bonds. The first-order valence-corrected chi connectivity index (χ1v) is 7.03. The highest BCUT2D eigenvalue weighted by Crippen LogP contribution is 2.23. The highest BCUT2D eigenvalue weighted by atomic mass is 15.3. The molecule has 0 atom stereocenters. The maximum absolute atomic E-state index is 5.99. The van der Waals surface area contributed by atoms with Gasteiger partial charge < -0.3 is 5.73 Å². The van der Waals surface area contributed by atoms with Crippen LogP contribution in [-0.4, -0.2) is 38.3 Å². The van der Waals surface area contributed by atoms with Gasteiger partial charge in [-0.25, -0.2) is 4.98 Å². The second kappa shape index (κ2) is 6.29. The first-order valence-electron chi connectivity index (χ1n) is 7.03. The monoisotopic (exact) mass is 251 g/mol. The van der Waals surface area contributed by atoms with Gasteiger partial charge in [-0.15, -0.1) is 0 Å². The second-order valence-electron chi connectivity index (χ2n) is 5.34. The molecule has 2 rings (SSSR count). The molecular formula is C13H25N5. The van der Waals surface area contributed by atoms with Gasteiger partial charge in [-0.05, 0) is 38.6 Å². The molecular weight excluding hydrogens is 226 g/mol. The van der Waals surface area contributed by atoms with Crippen molar-refractivity contribution in [3.63, 3.8) is 0 Å². The lowest BCUT2D eigenvalue weighted by Gasteiger charge is -2.35. The summed E-state index contributed by atoms with van der Waals surface area (Å²) in [5.74, 6) is 1.05. The molecule has 1 aromatic heterocycles. The third kappa shape index (κ3) is 3.29. The van der Waals surface area contributed by atoms with E-state index in [1.165, 1.54) is 19.3 Å². The molecule has 0 radical (unpaired) electrons. The van der Waals surface area contributed by atoms with Crippen LogP contribution < -0.4 is 5.73 Å². The average molecular weight is 251 g/mol. The lowest BCUT2D eigenvalue weighted by molar-refractivity contribution is 0.137. The standard InChI is InChI=1S/C13H25N5/c1-3-8-18(9-13-15-10-16-17(13)2)12-6-4-11(14)5-7-12/h10-12H,3-9,14H2,1-2H3. The summed E-state index contributed by atoms with van der Waals surface area (Å²) in [6.45, 7) is 4.27. The first-order chi connectivity index (χ1) is 8.70. The van der Waals surface area contributed by atoms with Crippen LogP contribution in [0.2, 0.25) is 0 Å². The van der Waals surface area contributed by atoms with Crippen LogP contribution in [0.25, 0.3) is 0 Å². The Labute approximate surface area is 109 Å². The van der Waals surface area contributed by atoms with Gasteiger partial charge in [-0.1, -0.05) is 6.92 Å². The van der Waals surface area contributed by atoms with E-state index in [0.29, 0.717) is 12.1 Å². The largest absolute Gasteiger partial charge is 0.328 e. The Morgan fingerprint density at radius 1 is 1.39 bits per heavy atom. The topological polar surface area (TPSA) is 60.0 Å². The molecule has 0 spiro atoms. The van der Waals surface area contributed by atoms with Gasteiger partial charge in [0.25, 0.3) is 0 Å². The number of nitrogens with two attached hydrogens (primary N) is 1. The Balaban J connectivity index is 1.97. The molecule has 5 heteroatoms. The van der Waals surface area contributed by atoms with Crippen LogP contribution in [0.5, 0.6) is 0 Å². The molecule has 5 nitrogen and oxygen atoms in total. The zero-order chi connectivity index (χ0) is 13.0. The fourth-order valence-electron chi connectivity index (χ4n) is 2.79. The van der Waals surface area contributed by atoms with Crippen molar-refractivity contribution >= 4 is 0 Å². The van der Waals surface area contributed by atoms with E-state index in [9.17, 15) is 0 Å². The van der Waals surface area contributed by atoms with E-state index < -0.39 is 0 Å². The molecule has 1 heterocycles. The molecule has 0 unspecified atom stereocenters. The van der Waals surface area contributed by atoms with E-state index >= 15 is 0 Å². The lowest BCUT2D eigenvalue weighted by atomic mass is 9.90. The van der Waals surface area contributed by atoms with Crippen molar-refractivity contribution in [3.8, 4) is 0 Å². The second-order valence-corrected chi connectivity index (χ2v) is 5.34. The van der Waals surface area contributed by atoms with Gasteiger partial charge in [0.05, 0.1) is 6.54 Å². The highest BCUT2D eigenvalue weighted by molar-refractivity contribution is 4.88. The maximum Gasteiger partial charge on any atom is 0.140 e. The van der Waals surface area contributed by atoms with Gasteiger partial charge in [0.2, 0.25) is 0 Å². The molecule has 0 saturated heterocycles. The van der Waals surface area contributed by atoms with E-state index in [4.69, 9.17) is 5.73 Å². The smallest absolute Gasteiger partial charge is 0.140 e. The van der Waals surface area contributed by atoms with Gasteiger partial charge in [0.1, 0.15) is 12.2 Å². The Kier molecular flexibility index (Phi) is 4.72. The molecule has 2 N–H and O–H groups in total. The molecule has 18 heavy (non-hydrogen) atoms. The van der Waals surface area contributed by atoms with E-state index in [1.807, 2.05) is 11.7 Å². The van der Waals surface area contributed by atoms with E-state index in [1.54, 1.807) is 6.33 Å². The number of hydrogen-bond acceptors (Lipinski definition) is 4. The Bertz CT molecular complexity index is 354. The lowest BCUT2D eigenvalue weighted by Crippen LogP contribution is -2.41. The molecule has 1 fully saturated rings. The molecule has 0 aliphatic heterocycles. The molecule has 1 aromatic rings. The number of rotatable bonds is 5. The van der Waals surface area contributed by atoms with Crippen LogP contribution in [0.4, 0.5) is 0 Å². The van der Waals surface area contributed by atoms with Gasteiger partial charge in [-0.2, -0.15) is 5.10 Å². The zero-order valence-electron chi connectivity index (χ0n) is 11.5. The molecule has 0 bridgehead atoms. The van der Waals surface area contributed by atoms with Crippen molar-refractivity contribution in [3.05, 3.63) is 12.2 Å². The number of aromatic nitrogens is 3. The maximum atomic E-state index is 5.99. The van der Waals surface area contributed by atoms with E-state index in [0.717, 1.165) is 31.8 Å². The summed E-state index contributed by atoms with van der Waals surface area (Å²) < 4.78 is 1.87. The first kappa shape index (κ1) is 13.5. The number of nitrogens with zero attached hydrogens (tertiary/aromatic N) is 4. The van der Waals surface area contributed by atoms with Gasteiger partial charge >= 0.3 is 0 Å². The summed E-state index contributed by atoms with van der Waals surface area (Å²) in [5, 5.41) is 4.15. The fourth-order valence-corrected chi connectivity index (χ4v) is 2.79. The summed E-state index contributed by atoms with van der Waals surface area (Å²) >= 11 is 0. The highest BCUT2D eigenvalue weighted by Gasteiger charge is 2.24. The predicted octanol–water partition coefficient (Wildman–Crippen LogP) is 1.30. The molecule has 102 valence electrons. The number of hydrogen-bond donors (Lipinski definition) is 1.